The minimum Gasteiger partial charge on any atom is -0.481 e. The molecular formula is C23H31ClF3NO2. The average molecular weight is 446 g/mol. The number of carbonyl (C=O) groups is 1. The Labute approximate surface area is 181 Å². The van der Waals surface area contributed by atoms with Crippen LogP contribution in [0.1, 0.15) is 69.3 Å². The summed E-state index contributed by atoms with van der Waals surface area (Å²) in [7, 11) is 0. The van der Waals surface area contributed by atoms with Crippen molar-refractivity contribution < 1.29 is 23.1 Å². The largest absolute Gasteiger partial charge is 0.481 e. The molecule has 1 aromatic rings. The van der Waals surface area contributed by atoms with Crippen LogP contribution in [0.5, 0.6) is 0 Å². The van der Waals surface area contributed by atoms with Gasteiger partial charge in [-0.3, -0.25) is 9.69 Å². The number of aliphatic carboxylic acids is 1. The van der Waals surface area contributed by atoms with Crippen LogP contribution in [0.15, 0.2) is 24.3 Å². The molecule has 2 aliphatic carbocycles. The van der Waals surface area contributed by atoms with Crippen LogP contribution in [-0.4, -0.2) is 41.3 Å². The predicted molar refractivity (Wildman–Crippen MR) is 112 cm³/mol. The summed E-state index contributed by atoms with van der Waals surface area (Å²) in [5, 5.41) is 9.86. The number of rotatable bonds is 8. The maximum atomic E-state index is 13.1. The maximum absolute atomic E-state index is 13.1. The van der Waals surface area contributed by atoms with Crippen LogP contribution >= 0.6 is 11.6 Å². The molecule has 0 heterocycles. The third kappa shape index (κ3) is 6.88. The van der Waals surface area contributed by atoms with E-state index in [1.54, 1.807) is 0 Å². The summed E-state index contributed by atoms with van der Waals surface area (Å²) in [5.41, 5.74) is 1.04. The first-order chi connectivity index (χ1) is 14.2. The molecule has 168 valence electrons. The van der Waals surface area contributed by atoms with E-state index in [9.17, 15) is 23.1 Å². The highest BCUT2D eigenvalue weighted by Crippen LogP contribution is 2.42. The summed E-state index contributed by atoms with van der Waals surface area (Å²) < 4.78 is 39.2. The number of alkyl halides is 3. The van der Waals surface area contributed by atoms with Gasteiger partial charge < -0.3 is 5.11 Å². The fraction of sp³-hybridized carbons (Fsp3) is 0.696. The van der Waals surface area contributed by atoms with Crippen molar-refractivity contribution in [3.8, 4) is 0 Å². The van der Waals surface area contributed by atoms with Gasteiger partial charge in [-0.05, 0) is 67.6 Å². The molecule has 2 fully saturated rings. The molecule has 7 heteroatoms. The van der Waals surface area contributed by atoms with E-state index in [2.05, 4.69) is 4.90 Å². The molecular weight excluding hydrogens is 415 g/mol. The summed E-state index contributed by atoms with van der Waals surface area (Å²) in [6.45, 7) is 0.715. The van der Waals surface area contributed by atoms with Gasteiger partial charge in [0.25, 0.3) is 0 Å². The van der Waals surface area contributed by atoms with Crippen LogP contribution < -0.4 is 0 Å². The van der Waals surface area contributed by atoms with Crippen LogP contribution in [0.3, 0.4) is 0 Å². The third-order valence-electron chi connectivity index (χ3n) is 6.80. The van der Waals surface area contributed by atoms with E-state index in [-0.39, 0.29) is 30.8 Å². The summed E-state index contributed by atoms with van der Waals surface area (Å²) in [6, 6.07) is 7.51. The zero-order chi connectivity index (χ0) is 21.7. The highest BCUT2D eigenvalue weighted by atomic mass is 35.5. The lowest BCUT2D eigenvalue weighted by molar-refractivity contribution is -0.141. The Kier molecular flexibility index (Phi) is 8.08. The summed E-state index contributed by atoms with van der Waals surface area (Å²) in [5.74, 6) is -0.278. The third-order valence-corrected chi connectivity index (χ3v) is 7.05. The second kappa shape index (κ2) is 10.4. The quantitative estimate of drug-likeness (QED) is 0.495. The monoisotopic (exact) mass is 445 g/mol. The Bertz CT molecular complexity index is 689. The minimum atomic E-state index is -4.18. The van der Waals surface area contributed by atoms with Gasteiger partial charge in [-0.15, -0.1) is 0 Å². The van der Waals surface area contributed by atoms with E-state index >= 15 is 0 Å². The molecule has 0 saturated heterocycles. The van der Waals surface area contributed by atoms with Gasteiger partial charge in [0, 0.05) is 30.6 Å². The molecule has 0 spiro atoms. The van der Waals surface area contributed by atoms with E-state index < -0.39 is 18.6 Å². The Morgan fingerprint density at radius 2 is 1.73 bits per heavy atom. The van der Waals surface area contributed by atoms with Crippen molar-refractivity contribution in [2.45, 2.75) is 75.9 Å². The normalized spacial score (nSPS) is 25.7. The second-order valence-electron chi connectivity index (χ2n) is 9.01. The van der Waals surface area contributed by atoms with E-state index in [1.165, 1.54) is 0 Å². The lowest BCUT2D eigenvalue weighted by Crippen LogP contribution is -2.46. The number of hydrogen-bond acceptors (Lipinski definition) is 2. The van der Waals surface area contributed by atoms with Crippen molar-refractivity contribution in [1.29, 1.82) is 0 Å². The van der Waals surface area contributed by atoms with Gasteiger partial charge >= 0.3 is 12.1 Å². The summed E-state index contributed by atoms with van der Waals surface area (Å²) in [6.07, 6.45) is 1.78. The van der Waals surface area contributed by atoms with Crippen LogP contribution in [0.4, 0.5) is 13.2 Å². The predicted octanol–water partition coefficient (Wildman–Crippen LogP) is 6.51. The van der Waals surface area contributed by atoms with E-state index in [1.807, 2.05) is 24.3 Å². The number of benzene rings is 1. The molecule has 0 bridgehead atoms. The summed E-state index contributed by atoms with van der Waals surface area (Å²) in [4.78, 5) is 13.3. The smallest absolute Gasteiger partial charge is 0.390 e. The average Bonchev–Trinajstić information content (AvgIpc) is 3.18. The zero-order valence-corrected chi connectivity index (χ0v) is 18.0. The first-order valence-corrected chi connectivity index (χ1v) is 11.4. The standard InChI is InChI=1S/C23H31ClF3NO2/c24-19-8-6-18(7-9-19)20-13-17(14-22(29)30)5-10-21(20)28(12-11-23(25,26)27)15-16-3-1-2-4-16/h6-9,16-17,20-21H,1-5,10-15H2,(H,29,30)/t17-,20+,21-/m1/s1. The topological polar surface area (TPSA) is 40.5 Å². The van der Waals surface area contributed by atoms with Crippen molar-refractivity contribution in [1.82, 2.24) is 4.90 Å². The second-order valence-corrected chi connectivity index (χ2v) is 9.45. The maximum Gasteiger partial charge on any atom is 0.390 e. The van der Waals surface area contributed by atoms with Gasteiger partial charge in [-0.25, -0.2) is 0 Å². The Morgan fingerprint density at radius 3 is 2.33 bits per heavy atom. The Balaban J connectivity index is 1.82. The van der Waals surface area contributed by atoms with Crippen molar-refractivity contribution in [2.75, 3.05) is 13.1 Å². The number of carboxylic acids is 1. The molecule has 0 radical (unpaired) electrons. The van der Waals surface area contributed by atoms with E-state index in [4.69, 9.17) is 11.6 Å². The molecule has 1 aromatic carbocycles. The number of hydrogen-bond donors (Lipinski definition) is 1. The molecule has 0 aliphatic heterocycles. The van der Waals surface area contributed by atoms with Crippen molar-refractivity contribution >= 4 is 17.6 Å². The lowest BCUT2D eigenvalue weighted by atomic mass is 9.73. The van der Waals surface area contributed by atoms with E-state index in [0.717, 1.165) is 44.1 Å². The SMILES string of the molecule is O=C(O)C[C@@H]1CC[C@@H](N(CCC(F)(F)F)CC2CCCC2)[C@H](c2ccc(Cl)cc2)C1. The lowest BCUT2D eigenvalue weighted by Gasteiger charge is -2.44. The summed E-state index contributed by atoms with van der Waals surface area (Å²) >= 11 is 6.05. The van der Waals surface area contributed by atoms with Crippen molar-refractivity contribution in [3.63, 3.8) is 0 Å². The molecule has 3 atom stereocenters. The number of halogens is 4. The Hall–Kier alpha value is -1.27. The molecule has 2 saturated carbocycles. The van der Waals surface area contributed by atoms with Crippen LogP contribution in [-0.2, 0) is 4.79 Å². The van der Waals surface area contributed by atoms with Gasteiger partial charge in [0.1, 0.15) is 0 Å². The molecule has 2 aliphatic rings. The number of nitrogens with zero attached hydrogens (tertiary/aromatic N) is 1. The highest BCUT2D eigenvalue weighted by Gasteiger charge is 2.38. The number of carboxylic acid groups (broad SMARTS) is 1. The van der Waals surface area contributed by atoms with Gasteiger partial charge in [0.2, 0.25) is 0 Å². The fourth-order valence-electron chi connectivity index (χ4n) is 5.37. The highest BCUT2D eigenvalue weighted by molar-refractivity contribution is 6.30. The molecule has 30 heavy (non-hydrogen) atoms. The molecule has 0 aromatic heterocycles. The Morgan fingerprint density at radius 1 is 1.07 bits per heavy atom. The fourth-order valence-corrected chi connectivity index (χ4v) is 5.49. The van der Waals surface area contributed by atoms with Gasteiger partial charge in [-0.1, -0.05) is 36.6 Å². The molecule has 3 nitrogen and oxygen atoms in total. The van der Waals surface area contributed by atoms with Crippen molar-refractivity contribution in [3.05, 3.63) is 34.9 Å². The van der Waals surface area contributed by atoms with E-state index in [0.29, 0.717) is 23.9 Å². The first-order valence-electron chi connectivity index (χ1n) is 11.0. The minimum absolute atomic E-state index is 0.000768. The van der Waals surface area contributed by atoms with Gasteiger partial charge in [0.05, 0.1) is 6.42 Å². The van der Waals surface area contributed by atoms with Crippen LogP contribution in [0.25, 0.3) is 0 Å². The molecule has 0 unspecified atom stereocenters. The molecule has 1 N–H and O–H groups in total. The van der Waals surface area contributed by atoms with Gasteiger partial charge in [0.15, 0.2) is 0 Å². The van der Waals surface area contributed by atoms with Gasteiger partial charge in [-0.2, -0.15) is 13.2 Å². The zero-order valence-electron chi connectivity index (χ0n) is 17.2. The van der Waals surface area contributed by atoms with Crippen LogP contribution in [0.2, 0.25) is 5.02 Å². The molecule has 3 rings (SSSR count). The van der Waals surface area contributed by atoms with Crippen molar-refractivity contribution in [2.24, 2.45) is 11.8 Å². The first kappa shape index (κ1) is 23.4. The van der Waals surface area contributed by atoms with Crippen LogP contribution in [0, 0.1) is 11.8 Å². The molecule has 0 amide bonds.